The van der Waals surface area contributed by atoms with Crippen LogP contribution in [0.25, 0.3) is 11.1 Å². The van der Waals surface area contributed by atoms with E-state index in [2.05, 4.69) is 25.7 Å². The van der Waals surface area contributed by atoms with E-state index in [4.69, 9.17) is 5.73 Å². The first-order valence-electron chi connectivity index (χ1n) is 13.5. The van der Waals surface area contributed by atoms with Crippen LogP contribution < -0.4 is 21.7 Å². The lowest BCUT2D eigenvalue weighted by Gasteiger charge is -2.29. The predicted molar refractivity (Wildman–Crippen MR) is 143 cm³/mol. The van der Waals surface area contributed by atoms with Gasteiger partial charge < -0.3 is 21.1 Å². The molecule has 0 radical (unpaired) electrons. The van der Waals surface area contributed by atoms with Gasteiger partial charge in [0.25, 0.3) is 0 Å². The second kappa shape index (κ2) is 12.7. The normalized spacial score (nSPS) is 23.7. The molecule has 2 amide bonds. The Balaban J connectivity index is 1.66. The van der Waals surface area contributed by atoms with Crippen molar-refractivity contribution in [3.63, 3.8) is 0 Å². The van der Waals surface area contributed by atoms with Gasteiger partial charge in [-0.1, -0.05) is 18.9 Å². The number of halogens is 3. The number of carbonyl (C=O) groups is 2. The number of carbonyl (C=O) groups excluding carboxylic acids is 2. The highest BCUT2D eigenvalue weighted by Gasteiger charge is 2.39. The highest BCUT2D eigenvalue weighted by atomic mass is 19.4. The first-order valence-corrected chi connectivity index (χ1v) is 13.5. The van der Waals surface area contributed by atoms with Gasteiger partial charge in [-0.3, -0.25) is 15.1 Å². The van der Waals surface area contributed by atoms with Crippen LogP contribution in [0.1, 0.15) is 63.1 Å². The number of fused-ring (bicyclic) bond motifs is 4. The number of ether oxygens (including phenoxy) is 1. The van der Waals surface area contributed by atoms with Crippen LogP contribution in [-0.2, 0) is 9.53 Å². The Morgan fingerprint density at radius 1 is 1.08 bits per heavy atom. The third-order valence-electron chi connectivity index (χ3n) is 7.73. The number of aromatic nitrogens is 1. The van der Waals surface area contributed by atoms with Crippen LogP contribution in [0.2, 0.25) is 0 Å². The van der Waals surface area contributed by atoms with Gasteiger partial charge >= 0.3 is 12.3 Å². The number of hydrogen-bond donors (Lipinski definition) is 4. The summed E-state index contributed by atoms with van der Waals surface area (Å²) in [5.74, 6) is 0.313. The van der Waals surface area contributed by atoms with E-state index in [1.807, 2.05) is 6.07 Å². The number of hydrogen-bond acceptors (Lipinski definition) is 6. The van der Waals surface area contributed by atoms with E-state index in [-0.39, 0.29) is 23.9 Å². The Morgan fingerprint density at radius 2 is 1.82 bits per heavy atom. The van der Waals surface area contributed by atoms with Crippen molar-refractivity contribution < 1.29 is 27.5 Å². The van der Waals surface area contributed by atoms with Gasteiger partial charge in [0.1, 0.15) is 6.04 Å². The van der Waals surface area contributed by atoms with Gasteiger partial charge in [0.15, 0.2) is 0 Å². The summed E-state index contributed by atoms with van der Waals surface area (Å²) in [5.41, 5.74) is 8.14. The third kappa shape index (κ3) is 7.40. The lowest BCUT2D eigenvalue weighted by atomic mass is 9.81. The standard InChI is InChI=1S/C28H36F3N5O3/c1-39-27(38)34-20-10-11-21-19-12-13-33-24(14-19)22(36-26(37)18-8-6-17(16-32)7-9-18)4-2-3-5-25(28(29,30)31)35-23(21)15-20/h10-15,17-18,22,25,35H,2-9,16,32H2,1H3,(H,34,38)(H,36,37)/t17?,18?,22-,25?/m0/s1. The number of rotatable bonds is 4. The van der Waals surface area contributed by atoms with Crippen molar-refractivity contribution in [1.29, 1.82) is 0 Å². The summed E-state index contributed by atoms with van der Waals surface area (Å²) in [6.45, 7) is 0.628. The van der Waals surface area contributed by atoms with E-state index in [1.54, 1.807) is 24.4 Å². The van der Waals surface area contributed by atoms with Crippen LogP contribution in [0.5, 0.6) is 0 Å². The highest BCUT2D eigenvalue weighted by molar-refractivity contribution is 5.88. The van der Waals surface area contributed by atoms with Crippen molar-refractivity contribution in [2.75, 3.05) is 24.3 Å². The summed E-state index contributed by atoms with van der Waals surface area (Å²) in [4.78, 5) is 29.4. The smallest absolute Gasteiger partial charge is 0.411 e. The number of methoxy groups -OCH3 is 1. The Hall–Kier alpha value is -3.34. The maximum absolute atomic E-state index is 14.0. The number of nitrogens with two attached hydrogens (primary N) is 1. The van der Waals surface area contributed by atoms with E-state index >= 15 is 0 Å². The first-order chi connectivity index (χ1) is 18.7. The number of alkyl halides is 3. The summed E-state index contributed by atoms with van der Waals surface area (Å²) < 4.78 is 46.7. The molecule has 4 rings (SSSR count). The monoisotopic (exact) mass is 547 g/mol. The number of anilines is 2. The molecule has 2 aromatic rings. The van der Waals surface area contributed by atoms with Gasteiger partial charge in [0.2, 0.25) is 5.91 Å². The summed E-state index contributed by atoms with van der Waals surface area (Å²) in [6.07, 6.45) is 0.941. The van der Waals surface area contributed by atoms with Gasteiger partial charge in [-0.2, -0.15) is 13.2 Å². The van der Waals surface area contributed by atoms with Crippen molar-refractivity contribution in [3.8, 4) is 11.1 Å². The molecule has 1 aromatic carbocycles. The molecule has 39 heavy (non-hydrogen) atoms. The molecule has 2 aliphatic rings. The van der Waals surface area contributed by atoms with E-state index < -0.39 is 24.4 Å². The Morgan fingerprint density at radius 3 is 2.51 bits per heavy atom. The lowest BCUT2D eigenvalue weighted by molar-refractivity contribution is -0.144. The molecule has 1 unspecified atom stereocenters. The molecule has 0 spiro atoms. The maximum Gasteiger partial charge on any atom is 0.411 e. The molecule has 2 atom stereocenters. The minimum atomic E-state index is -4.48. The number of amides is 2. The third-order valence-corrected chi connectivity index (χ3v) is 7.73. The van der Waals surface area contributed by atoms with E-state index in [0.29, 0.717) is 54.2 Å². The summed E-state index contributed by atoms with van der Waals surface area (Å²) in [6, 6.07) is 6.06. The van der Waals surface area contributed by atoms with Crippen LogP contribution in [-0.4, -0.2) is 42.9 Å². The zero-order chi connectivity index (χ0) is 28.0. The first kappa shape index (κ1) is 28.7. The van der Waals surface area contributed by atoms with Crippen LogP contribution in [0.15, 0.2) is 36.5 Å². The average Bonchev–Trinajstić information content (AvgIpc) is 2.93. The van der Waals surface area contributed by atoms with E-state index in [0.717, 1.165) is 25.7 Å². The second-order valence-electron chi connectivity index (χ2n) is 10.4. The van der Waals surface area contributed by atoms with Crippen molar-refractivity contribution in [3.05, 3.63) is 42.2 Å². The molecule has 1 fully saturated rings. The number of nitrogens with one attached hydrogen (secondary N) is 3. The summed E-state index contributed by atoms with van der Waals surface area (Å²) in [5, 5.41) is 8.33. The van der Waals surface area contributed by atoms with Crippen LogP contribution >= 0.6 is 0 Å². The lowest BCUT2D eigenvalue weighted by Crippen LogP contribution is -2.37. The van der Waals surface area contributed by atoms with Crippen molar-refractivity contribution in [2.45, 2.75) is 69.6 Å². The molecule has 212 valence electrons. The molecular weight excluding hydrogens is 511 g/mol. The summed E-state index contributed by atoms with van der Waals surface area (Å²) in [7, 11) is 1.21. The second-order valence-corrected chi connectivity index (χ2v) is 10.4. The molecule has 0 saturated heterocycles. The summed E-state index contributed by atoms with van der Waals surface area (Å²) >= 11 is 0. The molecule has 11 heteroatoms. The number of pyridine rings is 1. The zero-order valence-electron chi connectivity index (χ0n) is 22.0. The highest BCUT2D eigenvalue weighted by Crippen LogP contribution is 2.37. The van der Waals surface area contributed by atoms with Gasteiger partial charge in [-0.15, -0.1) is 0 Å². The van der Waals surface area contributed by atoms with Gasteiger partial charge in [-0.05, 0) is 80.8 Å². The van der Waals surface area contributed by atoms with Crippen molar-refractivity contribution in [1.82, 2.24) is 10.3 Å². The van der Waals surface area contributed by atoms with Crippen molar-refractivity contribution in [2.24, 2.45) is 17.6 Å². The average molecular weight is 548 g/mol. The van der Waals surface area contributed by atoms with Crippen LogP contribution in [0.3, 0.4) is 0 Å². The molecule has 1 saturated carbocycles. The molecule has 8 nitrogen and oxygen atoms in total. The molecule has 1 aromatic heterocycles. The van der Waals surface area contributed by atoms with Gasteiger partial charge in [0.05, 0.1) is 18.8 Å². The largest absolute Gasteiger partial charge is 0.453 e. The predicted octanol–water partition coefficient (Wildman–Crippen LogP) is 5.77. The molecule has 5 N–H and O–H groups in total. The van der Waals surface area contributed by atoms with E-state index in [9.17, 15) is 22.8 Å². The molecule has 1 aliphatic carbocycles. The molecule has 1 aliphatic heterocycles. The Labute approximate surface area is 226 Å². The topological polar surface area (TPSA) is 118 Å². The molecular formula is C28H36F3N5O3. The minimum Gasteiger partial charge on any atom is -0.453 e. The van der Waals surface area contributed by atoms with Crippen molar-refractivity contribution >= 4 is 23.4 Å². The van der Waals surface area contributed by atoms with E-state index in [1.165, 1.54) is 13.2 Å². The quantitative estimate of drug-likeness (QED) is 0.386. The fourth-order valence-electron chi connectivity index (χ4n) is 5.41. The van der Waals surface area contributed by atoms with Gasteiger partial charge in [-0.25, -0.2) is 4.79 Å². The maximum atomic E-state index is 14.0. The fourth-order valence-corrected chi connectivity index (χ4v) is 5.41. The van der Waals surface area contributed by atoms with Crippen LogP contribution in [0, 0.1) is 11.8 Å². The van der Waals surface area contributed by atoms with Crippen LogP contribution in [0.4, 0.5) is 29.3 Å². The Bertz CT molecular complexity index is 1150. The van der Waals surface area contributed by atoms with Gasteiger partial charge in [0, 0.05) is 29.1 Å². The number of nitrogens with zero attached hydrogens (tertiary/aromatic N) is 1. The zero-order valence-corrected chi connectivity index (χ0v) is 22.0. The fraction of sp³-hybridized carbons (Fsp3) is 0.536. The molecule has 2 heterocycles. The molecule has 2 bridgehead atoms. The minimum absolute atomic E-state index is 0.0384. The number of benzene rings is 1. The SMILES string of the molecule is COC(=O)Nc1ccc2c(c1)NC(C(F)(F)F)CCCC[C@H](NC(=O)C1CCC(CN)CC1)c1cc-2ccn1. The Kier molecular flexibility index (Phi) is 9.32.